The summed E-state index contributed by atoms with van der Waals surface area (Å²) < 4.78 is 0. The van der Waals surface area contributed by atoms with Gasteiger partial charge in [0.05, 0.1) is 17.9 Å². The monoisotopic (exact) mass is 346 g/mol. The number of benzene rings is 1. The molecule has 0 bridgehead atoms. The molecule has 6 heteroatoms. The molecule has 1 saturated heterocycles. The van der Waals surface area contributed by atoms with Crippen molar-refractivity contribution in [3.05, 3.63) is 35.4 Å². The Morgan fingerprint density at radius 3 is 2.60 bits per heavy atom. The number of carboxylic acids is 1. The van der Waals surface area contributed by atoms with E-state index in [9.17, 15) is 14.4 Å². The molecule has 0 saturated carbocycles. The van der Waals surface area contributed by atoms with E-state index in [0.717, 1.165) is 31.2 Å². The van der Waals surface area contributed by atoms with Crippen molar-refractivity contribution in [3.8, 4) is 0 Å². The Labute approximate surface area is 148 Å². The van der Waals surface area contributed by atoms with Gasteiger partial charge in [0.2, 0.25) is 11.8 Å². The van der Waals surface area contributed by atoms with Crippen molar-refractivity contribution >= 4 is 17.8 Å². The largest absolute Gasteiger partial charge is 0.478 e. The summed E-state index contributed by atoms with van der Waals surface area (Å²) in [5.74, 6) is -1.10. The molecule has 1 aliphatic heterocycles. The predicted molar refractivity (Wildman–Crippen MR) is 94.3 cm³/mol. The fourth-order valence-corrected chi connectivity index (χ4v) is 3.00. The van der Waals surface area contributed by atoms with Gasteiger partial charge in [-0.25, -0.2) is 4.79 Å². The molecule has 25 heavy (non-hydrogen) atoms. The lowest BCUT2D eigenvalue weighted by atomic mass is 9.96. The fourth-order valence-electron chi connectivity index (χ4n) is 3.00. The second kappa shape index (κ2) is 9.20. The molecule has 1 heterocycles. The number of nitrogens with one attached hydrogen (secondary N) is 1. The van der Waals surface area contributed by atoms with Crippen LogP contribution >= 0.6 is 0 Å². The Bertz CT molecular complexity index is 612. The molecule has 2 N–H and O–H groups in total. The van der Waals surface area contributed by atoms with Crippen molar-refractivity contribution in [2.75, 3.05) is 19.6 Å². The number of hydrogen-bond acceptors (Lipinski definition) is 3. The van der Waals surface area contributed by atoms with Crippen molar-refractivity contribution in [1.29, 1.82) is 0 Å². The maximum atomic E-state index is 12.5. The van der Waals surface area contributed by atoms with Gasteiger partial charge in [-0.3, -0.25) is 9.59 Å². The fraction of sp³-hybridized carbons (Fsp3) is 0.526. The number of carboxylic acid groups (broad SMARTS) is 1. The van der Waals surface area contributed by atoms with Crippen LogP contribution in [0.2, 0.25) is 0 Å². The number of nitrogens with zero attached hydrogens (tertiary/aromatic N) is 1. The summed E-state index contributed by atoms with van der Waals surface area (Å²) in [7, 11) is 0. The van der Waals surface area contributed by atoms with Gasteiger partial charge in [-0.05, 0) is 37.0 Å². The number of likely N-dealkylation sites (tertiary alicyclic amines) is 1. The van der Waals surface area contributed by atoms with E-state index in [0.29, 0.717) is 19.6 Å². The smallest absolute Gasteiger partial charge is 0.335 e. The molecule has 1 fully saturated rings. The molecular formula is C19H26N2O4. The van der Waals surface area contributed by atoms with Gasteiger partial charge in [0.1, 0.15) is 0 Å². The highest BCUT2D eigenvalue weighted by molar-refractivity contribution is 5.88. The Kier molecular flexibility index (Phi) is 6.98. The number of unbranched alkanes of at least 4 members (excludes halogenated alkanes) is 1. The maximum absolute atomic E-state index is 12.5. The van der Waals surface area contributed by atoms with Crippen molar-refractivity contribution in [3.63, 3.8) is 0 Å². The van der Waals surface area contributed by atoms with Crippen LogP contribution in [0.5, 0.6) is 0 Å². The van der Waals surface area contributed by atoms with Crippen LogP contribution in [0.3, 0.4) is 0 Å². The molecule has 0 aromatic heterocycles. The quantitative estimate of drug-likeness (QED) is 0.740. The van der Waals surface area contributed by atoms with Crippen LogP contribution in [0.1, 0.15) is 48.5 Å². The van der Waals surface area contributed by atoms with Crippen molar-refractivity contribution < 1.29 is 19.5 Å². The molecule has 1 atom stereocenters. The minimum Gasteiger partial charge on any atom is -0.478 e. The van der Waals surface area contributed by atoms with E-state index in [1.54, 1.807) is 17.0 Å². The Balaban J connectivity index is 1.88. The van der Waals surface area contributed by atoms with E-state index in [-0.39, 0.29) is 29.7 Å². The van der Waals surface area contributed by atoms with Gasteiger partial charge in [-0.2, -0.15) is 0 Å². The molecule has 2 rings (SSSR count). The van der Waals surface area contributed by atoms with Crippen LogP contribution in [0.15, 0.2) is 24.3 Å². The summed E-state index contributed by atoms with van der Waals surface area (Å²) in [6, 6.07) is 6.34. The number of carbonyl (C=O) groups excluding carboxylic acids is 2. The summed E-state index contributed by atoms with van der Waals surface area (Å²) in [5.41, 5.74) is 0.988. The highest BCUT2D eigenvalue weighted by atomic mass is 16.4. The van der Waals surface area contributed by atoms with Gasteiger partial charge in [-0.1, -0.05) is 25.5 Å². The van der Waals surface area contributed by atoms with Crippen LogP contribution in [0.25, 0.3) is 0 Å². The summed E-state index contributed by atoms with van der Waals surface area (Å²) in [5, 5.41) is 11.9. The molecule has 1 aromatic carbocycles. The number of piperidine rings is 1. The summed E-state index contributed by atoms with van der Waals surface area (Å²) in [6.07, 6.45) is 3.87. The predicted octanol–water partition coefficient (Wildman–Crippen LogP) is 2.08. The standard InChI is InChI=1S/C19H26N2O4/c1-2-3-10-20-18(23)16-5-4-11-21(13-16)17(22)12-14-6-8-15(9-7-14)19(24)25/h6-9,16H,2-5,10-13H2,1H3,(H,20,23)(H,24,25). The Hall–Kier alpha value is -2.37. The number of rotatable bonds is 7. The van der Waals surface area contributed by atoms with Crippen molar-refractivity contribution in [1.82, 2.24) is 10.2 Å². The topological polar surface area (TPSA) is 86.7 Å². The molecule has 0 radical (unpaired) electrons. The van der Waals surface area contributed by atoms with E-state index in [1.807, 2.05) is 0 Å². The third kappa shape index (κ3) is 5.59. The van der Waals surface area contributed by atoms with Gasteiger partial charge >= 0.3 is 5.97 Å². The van der Waals surface area contributed by atoms with Gasteiger partial charge in [0, 0.05) is 19.6 Å². The van der Waals surface area contributed by atoms with Crippen LogP contribution in [-0.2, 0) is 16.0 Å². The number of hydrogen-bond donors (Lipinski definition) is 2. The average Bonchev–Trinajstić information content (AvgIpc) is 2.62. The molecule has 6 nitrogen and oxygen atoms in total. The summed E-state index contributed by atoms with van der Waals surface area (Å²) >= 11 is 0. The van der Waals surface area contributed by atoms with Crippen molar-refractivity contribution in [2.45, 2.75) is 39.0 Å². The third-order valence-corrected chi connectivity index (χ3v) is 4.53. The summed E-state index contributed by atoms with van der Waals surface area (Å²) in [6.45, 7) is 3.90. The first kappa shape index (κ1) is 19.0. The van der Waals surface area contributed by atoms with E-state index < -0.39 is 5.97 Å². The van der Waals surface area contributed by atoms with Crippen LogP contribution in [-0.4, -0.2) is 47.4 Å². The number of carbonyl (C=O) groups is 3. The first-order valence-corrected chi connectivity index (χ1v) is 8.89. The SMILES string of the molecule is CCCCNC(=O)C1CCCN(C(=O)Cc2ccc(C(=O)O)cc2)C1. The van der Waals surface area contributed by atoms with Gasteiger partial charge < -0.3 is 15.3 Å². The van der Waals surface area contributed by atoms with E-state index in [2.05, 4.69) is 12.2 Å². The Morgan fingerprint density at radius 2 is 1.96 bits per heavy atom. The number of aromatic carboxylic acids is 1. The average molecular weight is 346 g/mol. The highest BCUT2D eigenvalue weighted by Gasteiger charge is 2.28. The van der Waals surface area contributed by atoms with Crippen LogP contribution in [0.4, 0.5) is 0 Å². The van der Waals surface area contributed by atoms with Gasteiger partial charge in [-0.15, -0.1) is 0 Å². The van der Waals surface area contributed by atoms with Crippen molar-refractivity contribution in [2.24, 2.45) is 5.92 Å². The van der Waals surface area contributed by atoms with E-state index in [4.69, 9.17) is 5.11 Å². The molecule has 136 valence electrons. The lowest BCUT2D eigenvalue weighted by molar-refractivity contribution is -0.135. The first-order valence-electron chi connectivity index (χ1n) is 8.89. The summed E-state index contributed by atoms with van der Waals surface area (Å²) in [4.78, 5) is 37.3. The molecule has 1 aliphatic rings. The second-order valence-corrected chi connectivity index (χ2v) is 6.50. The molecule has 2 amide bonds. The lowest BCUT2D eigenvalue weighted by Crippen LogP contribution is -2.46. The Morgan fingerprint density at radius 1 is 1.24 bits per heavy atom. The zero-order valence-electron chi connectivity index (χ0n) is 14.7. The molecule has 1 aromatic rings. The number of amides is 2. The minimum atomic E-state index is -0.981. The zero-order valence-corrected chi connectivity index (χ0v) is 14.7. The molecule has 0 spiro atoms. The maximum Gasteiger partial charge on any atom is 0.335 e. The zero-order chi connectivity index (χ0) is 18.2. The second-order valence-electron chi connectivity index (χ2n) is 6.50. The molecule has 0 aliphatic carbocycles. The minimum absolute atomic E-state index is 0.0193. The van der Waals surface area contributed by atoms with Gasteiger partial charge in [0.25, 0.3) is 0 Å². The third-order valence-electron chi connectivity index (χ3n) is 4.53. The van der Waals surface area contributed by atoms with E-state index >= 15 is 0 Å². The normalized spacial score (nSPS) is 17.2. The molecule has 1 unspecified atom stereocenters. The molecular weight excluding hydrogens is 320 g/mol. The lowest BCUT2D eigenvalue weighted by Gasteiger charge is -2.32. The van der Waals surface area contributed by atoms with Crippen LogP contribution < -0.4 is 5.32 Å². The van der Waals surface area contributed by atoms with Gasteiger partial charge in [0.15, 0.2) is 0 Å². The highest BCUT2D eigenvalue weighted by Crippen LogP contribution is 2.18. The van der Waals surface area contributed by atoms with Crippen LogP contribution in [0, 0.1) is 5.92 Å². The first-order chi connectivity index (χ1) is 12.0. The van der Waals surface area contributed by atoms with E-state index in [1.165, 1.54) is 12.1 Å².